The number of aryl methyl sites for hydroxylation is 1. The topological polar surface area (TPSA) is 61.0 Å². The summed E-state index contributed by atoms with van der Waals surface area (Å²) in [5.74, 6) is 2.43. The van der Waals surface area contributed by atoms with Crippen molar-refractivity contribution in [2.24, 2.45) is 0 Å². The Hall–Kier alpha value is -3.03. The van der Waals surface area contributed by atoms with Crippen LogP contribution in [0.25, 0.3) is 17.1 Å². The summed E-state index contributed by atoms with van der Waals surface area (Å²) in [7, 11) is 1.67. The Morgan fingerprint density at radius 1 is 1.03 bits per heavy atom. The highest BCUT2D eigenvalue weighted by Gasteiger charge is 2.24. The summed E-state index contributed by atoms with van der Waals surface area (Å²) >= 11 is 12.3. The first kappa shape index (κ1) is 20.8. The molecule has 0 radical (unpaired) electrons. The van der Waals surface area contributed by atoms with Gasteiger partial charge in [0.05, 0.1) is 34.9 Å². The Labute approximate surface area is 196 Å². The third-order valence-corrected chi connectivity index (χ3v) is 6.35. The van der Waals surface area contributed by atoms with Crippen molar-refractivity contribution in [1.29, 1.82) is 0 Å². The first-order chi connectivity index (χ1) is 15.5. The van der Waals surface area contributed by atoms with Gasteiger partial charge in [0.15, 0.2) is 5.82 Å². The second-order valence-corrected chi connectivity index (χ2v) is 8.62. The number of anilines is 1. The first-order valence-corrected chi connectivity index (χ1v) is 11.1. The molecule has 1 aliphatic heterocycles. The number of rotatable bonds is 5. The number of ether oxygens (including phenoxy) is 1. The molecular weight excluding hydrogens is 447 g/mol. The maximum absolute atomic E-state index is 6.20. The Morgan fingerprint density at radius 2 is 1.91 bits per heavy atom. The molecule has 0 fully saturated rings. The average molecular weight is 469 g/mol. The Kier molecular flexibility index (Phi) is 5.53. The van der Waals surface area contributed by atoms with Gasteiger partial charge in [-0.05, 0) is 49.2 Å². The Morgan fingerprint density at radius 3 is 2.66 bits per heavy atom. The molecule has 9 heteroatoms. The fourth-order valence-electron chi connectivity index (χ4n) is 4.06. The molecule has 0 N–H and O–H groups in total. The van der Waals surface area contributed by atoms with E-state index < -0.39 is 0 Å². The van der Waals surface area contributed by atoms with Gasteiger partial charge in [0.25, 0.3) is 0 Å². The number of nitrogens with zero attached hydrogens (tertiary/aromatic N) is 6. The van der Waals surface area contributed by atoms with Crippen LogP contribution in [0.1, 0.15) is 17.7 Å². The van der Waals surface area contributed by atoms with Crippen molar-refractivity contribution in [3.05, 3.63) is 70.2 Å². The van der Waals surface area contributed by atoms with E-state index in [-0.39, 0.29) is 0 Å². The number of methoxy groups -OCH3 is 1. The summed E-state index contributed by atoms with van der Waals surface area (Å²) in [4.78, 5) is 6.53. The predicted molar refractivity (Wildman–Crippen MR) is 126 cm³/mol. The molecule has 32 heavy (non-hydrogen) atoms. The van der Waals surface area contributed by atoms with Crippen LogP contribution in [0, 0.1) is 6.92 Å². The van der Waals surface area contributed by atoms with E-state index in [0.717, 1.165) is 59.5 Å². The van der Waals surface area contributed by atoms with Gasteiger partial charge in [-0.25, -0.2) is 4.98 Å². The van der Waals surface area contributed by atoms with Gasteiger partial charge in [-0.15, -0.1) is 10.2 Å². The van der Waals surface area contributed by atoms with Crippen LogP contribution in [0.15, 0.2) is 48.9 Å². The molecule has 164 valence electrons. The SMILES string of the molecule is COc1cc(-c2nnc3n2CCCN3Cc2ccc(Cl)c(Cl)c2)ccc1-n1cnc(C)c1. The zero-order chi connectivity index (χ0) is 22.2. The third kappa shape index (κ3) is 3.82. The van der Waals surface area contributed by atoms with Crippen LogP contribution in [0.4, 0.5) is 5.95 Å². The van der Waals surface area contributed by atoms with E-state index in [0.29, 0.717) is 16.6 Å². The van der Waals surface area contributed by atoms with Gasteiger partial charge in [-0.2, -0.15) is 0 Å². The van der Waals surface area contributed by atoms with Crippen LogP contribution in [0.2, 0.25) is 10.0 Å². The fourth-order valence-corrected chi connectivity index (χ4v) is 4.38. The minimum atomic E-state index is 0.558. The summed E-state index contributed by atoms with van der Waals surface area (Å²) in [5.41, 5.74) is 3.91. The van der Waals surface area contributed by atoms with Crippen molar-refractivity contribution in [1.82, 2.24) is 24.3 Å². The smallest absolute Gasteiger partial charge is 0.227 e. The molecule has 0 unspecified atom stereocenters. The minimum absolute atomic E-state index is 0.558. The highest BCUT2D eigenvalue weighted by molar-refractivity contribution is 6.42. The predicted octanol–water partition coefficient (Wildman–Crippen LogP) is 5.16. The number of halogens is 2. The summed E-state index contributed by atoms with van der Waals surface area (Å²) in [6, 6.07) is 11.8. The molecule has 2 aromatic carbocycles. The van der Waals surface area contributed by atoms with E-state index >= 15 is 0 Å². The van der Waals surface area contributed by atoms with Gasteiger partial charge in [0.2, 0.25) is 5.95 Å². The van der Waals surface area contributed by atoms with Crippen molar-refractivity contribution in [2.75, 3.05) is 18.6 Å². The van der Waals surface area contributed by atoms with E-state index in [1.54, 1.807) is 13.4 Å². The highest BCUT2D eigenvalue weighted by atomic mass is 35.5. The zero-order valence-electron chi connectivity index (χ0n) is 17.8. The van der Waals surface area contributed by atoms with Crippen LogP contribution < -0.4 is 9.64 Å². The monoisotopic (exact) mass is 468 g/mol. The summed E-state index contributed by atoms with van der Waals surface area (Å²) in [6.45, 7) is 4.42. The van der Waals surface area contributed by atoms with Crippen LogP contribution in [-0.2, 0) is 13.1 Å². The maximum Gasteiger partial charge on any atom is 0.227 e. The largest absolute Gasteiger partial charge is 0.495 e. The summed E-state index contributed by atoms with van der Waals surface area (Å²) in [6.07, 6.45) is 4.76. The van der Waals surface area contributed by atoms with Crippen LogP contribution in [-0.4, -0.2) is 38.0 Å². The normalized spacial score (nSPS) is 13.3. The lowest BCUT2D eigenvalue weighted by Crippen LogP contribution is -2.32. The Balaban J connectivity index is 1.47. The molecule has 0 saturated carbocycles. The molecule has 0 aliphatic carbocycles. The van der Waals surface area contributed by atoms with Crippen LogP contribution >= 0.6 is 23.2 Å². The van der Waals surface area contributed by atoms with E-state index in [4.69, 9.17) is 27.9 Å². The standard InChI is InChI=1S/C23H22Cl2N6O/c1-15-12-30(14-26-15)20-7-5-17(11-21(20)32-2)22-27-28-23-29(8-3-9-31(22)23)13-16-4-6-18(24)19(25)10-16/h4-7,10-12,14H,3,8-9,13H2,1-2H3. The number of fused-ring (bicyclic) bond motifs is 1. The van der Waals surface area contributed by atoms with Crippen molar-refractivity contribution >= 4 is 29.2 Å². The van der Waals surface area contributed by atoms with E-state index in [1.807, 2.05) is 54.1 Å². The fraction of sp³-hybridized carbons (Fsp3) is 0.261. The lowest BCUT2D eigenvalue weighted by atomic mass is 10.1. The van der Waals surface area contributed by atoms with Gasteiger partial charge in [0.1, 0.15) is 5.75 Å². The summed E-state index contributed by atoms with van der Waals surface area (Å²) < 4.78 is 9.79. The highest BCUT2D eigenvalue weighted by Crippen LogP contribution is 2.33. The van der Waals surface area contributed by atoms with Gasteiger partial charge < -0.3 is 14.2 Å². The number of hydrogen-bond donors (Lipinski definition) is 0. The van der Waals surface area contributed by atoms with Crippen molar-refractivity contribution in [2.45, 2.75) is 26.4 Å². The second kappa shape index (κ2) is 8.48. The van der Waals surface area contributed by atoms with Crippen LogP contribution in [0.5, 0.6) is 5.75 Å². The number of aromatic nitrogens is 5. The number of hydrogen-bond acceptors (Lipinski definition) is 5. The molecule has 5 rings (SSSR count). The molecule has 2 aromatic heterocycles. The average Bonchev–Trinajstić information content (AvgIpc) is 3.43. The van der Waals surface area contributed by atoms with Crippen molar-refractivity contribution in [3.63, 3.8) is 0 Å². The lowest BCUT2D eigenvalue weighted by molar-refractivity contribution is 0.413. The van der Waals surface area contributed by atoms with E-state index in [2.05, 4.69) is 24.6 Å². The van der Waals surface area contributed by atoms with E-state index in [9.17, 15) is 0 Å². The van der Waals surface area contributed by atoms with Crippen molar-refractivity contribution in [3.8, 4) is 22.8 Å². The van der Waals surface area contributed by atoms with Gasteiger partial charge in [0, 0.05) is 31.4 Å². The van der Waals surface area contributed by atoms with Gasteiger partial charge in [-0.3, -0.25) is 4.57 Å². The molecule has 1 aliphatic rings. The molecule has 3 heterocycles. The van der Waals surface area contributed by atoms with Crippen LogP contribution in [0.3, 0.4) is 0 Å². The number of benzene rings is 2. The lowest BCUT2D eigenvalue weighted by Gasteiger charge is -2.29. The number of imidazole rings is 1. The molecule has 0 spiro atoms. The molecule has 0 atom stereocenters. The summed E-state index contributed by atoms with van der Waals surface area (Å²) in [5, 5.41) is 10.2. The molecule has 7 nitrogen and oxygen atoms in total. The molecule has 0 saturated heterocycles. The molecular formula is C23H22Cl2N6O. The molecule has 4 aromatic rings. The quantitative estimate of drug-likeness (QED) is 0.404. The third-order valence-electron chi connectivity index (χ3n) is 5.61. The van der Waals surface area contributed by atoms with Gasteiger partial charge >= 0.3 is 0 Å². The Bertz CT molecular complexity index is 1280. The van der Waals surface area contributed by atoms with Crippen molar-refractivity contribution < 1.29 is 4.74 Å². The second-order valence-electron chi connectivity index (χ2n) is 7.81. The van der Waals surface area contributed by atoms with E-state index in [1.165, 1.54) is 0 Å². The maximum atomic E-state index is 6.20. The molecule has 0 bridgehead atoms. The zero-order valence-corrected chi connectivity index (χ0v) is 19.3. The first-order valence-electron chi connectivity index (χ1n) is 10.3. The molecule has 0 amide bonds. The van der Waals surface area contributed by atoms with Gasteiger partial charge in [-0.1, -0.05) is 29.3 Å². The minimum Gasteiger partial charge on any atom is -0.495 e.